The fourth-order valence-electron chi connectivity index (χ4n) is 2.72. The highest BCUT2D eigenvalue weighted by Gasteiger charge is 2.24. The number of hydrogen-bond acceptors (Lipinski definition) is 3. The van der Waals surface area contributed by atoms with Crippen LogP contribution in [0.3, 0.4) is 0 Å². The molecule has 1 atom stereocenters. The lowest BCUT2D eigenvalue weighted by atomic mass is 10.1. The van der Waals surface area contributed by atoms with Gasteiger partial charge in [0, 0.05) is 17.1 Å². The van der Waals surface area contributed by atoms with Crippen molar-refractivity contribution in [2.45, 2.75) is 19.1 Å². The van der Waals surface area contributed by atoms with Gasteiger partial charge in [0.15, 0.2) is 0 Å². The molecule has 3 aromatic rings. The molecule has 0 bridgehead atoms. The molecule has 3 rings (SSSR count). The van der Waals surface area contributed by atoms with Crippen molar-refractivity contribution >= 4 is 23.5 Å². The summed E-state index contributed by atoms with van der Waals surface area (Å²) in [7, 11) is 0. The Bertz CT molecular complexity index is 912. The van der Waals surface area contributed by atoms with Gasteiger partial charge in [-0.15, -0.1) is 0 Å². The van der Waals surface area contributed by atoms with Crippen LogP contribution in [0.15, 0.2) is 84.9 Å². The van der Waals surface area contributed by atoms with Gasteiger partial charge in [-0.25, -0.2) is 0 Å². The molecular weight excluding hydrogens is 374 g/mol. The van der Waals surface area contributed by atoms with Crippen molar-refractivity contribution in [1.29, 1.82) is 0 Å². The molecule has 0 radical (unpaired) electrons. The van der Waals surface area contributed by atoms with Gasteiger partial charge in [-0.05, 0) is 23.3 Å². The maximum atomic E-state index is 12.7. The Morgan fingerprint density at radius 3 is 2.07 bits per heavy atom. The van der Waals surface area contributed by atoms with Gasteiger partial charge in [0.1, 0.15) is 0 Å². The zero-order chi connectivity index (χ0) is 19.8. The maximum Gasteiger partial charge on any atom is 0.311 e. The number of carbonyl (C=O) groups is 2. The van der Waals surface area contributed by atoms with Crippen molar-refractivity contribution in [3.63, 3.8) is 0 Å². The Labute approximate surface area is 169 Å². The first kappa shape index (κ1) is 19.6. The van der Waals surface area contributed by atoms with Gasteiger partial charge >= 0.3 is 5.97 Å². The van der Waals surface area contributed by atoms with Crippen LogP contribution in [0.25, 0.3) is 0 Å². The minimum Gasteiger partial charge on any atom is -0.447 e. The van der Waals surface area contributed by atoms with E-state index in [1.165, 1.54) is 0 Å². The highest BCUT2D eigenvalue weighted by Crippen LogP contribution is 2.19. The molecule has 0 heterocycles. The second-order valence-corrected chi connectivity index (χ2v) is 6.72. The summed E-state index contributed by atoms with van der Waals surface area (Å²) in [5.74, 6) is -0.842. The van der Waals surface area contributed by atoms with Crippen LogP contribution < -0.4 is 5.32 Å². The number of halogens is 1. The van der Waals surface area contributed by atoms with Crippen molar-refractivity contribution in [3.8, 4) is 0 Å². The van der Waals surface area contributed by atoms with Gasteiger partial charge < -0.3 is 10.1 Å². The molecule has 0 aromatic heterocycles. The normalized spacial score (nSPS) is 11.5. The molecule has 0 aliphatic heterocycles. The van der Waals surface area contributed by atoms with E-state index in [9.17, 15) is 9.59 Å². The second-order valence-electron chi connectivity index (χ2n) is 6.29. The van der Waals surface area contributed by atoms with E-state index in [4.69, 9.17) is 16.3 Å². The summed E-state index contributed by atoms with van der Waals surface area (Å²) in [5.41, 5.74) is 2.36. The molecule has 5 heteroatoms. The predicted molar refractivity (Wildman–Crippen MR) is 109 cm³/mol. The lowest BCUT2D eigenvalue weighted by molar-refractivity contribution is -0.155. The number of nitrogens with one attached hydrogen (secondary N) is 1. The molecular formula is C23H20ClNO3. The summed E-state index contributed by atoms with van der Waals surface area (Å²) in [5, 5.41) is 3.44. The van der Waals surface area contributed by atoms with Gasteiger partial charge in [-0.2, -0.15) is 0 Å². The third-order valence-corrected chi connectivity index (χ3v) is 4.41. The SMILES string of the molecule is O=C(Cc1ccc(Cl)cc1)O[C@@H](C(=O)NCc1ccccc1)c1ccccc1. The second kappa shape index (κ2) is 9.72. The molecule has 3 aromatic carbocycles. The van der Waals surface area contributed by atoms with Crippen LogP contribution in [-0.4, -0.2) is 11.9 Å². The van der Waals surface area contributed by atoms with Crippen LogP contribution >= 0.6 is 11.6 Å². The number of rotatable bonds is 7. The van der Waals surface area contributed by atoms with Gasteiger partial charge in [-0.1, -0.05) is 84.4 Å². The third kappa shape index (κ3) is 5.69. The zero-order valence-electron chi connectivity index (χ0n) is 15.2. The summed E-state index contributed by atoms with van der Waals surface area (Å²) in [6.07, 6.45) is -0.948. The smallest absolute Gasteiger partial charge is 0.311 e. The lowest BCUT2D eigenvalue weighted by Crippen LogP contribution is -2.32. The first-order valence-corrected chi connectivity index (χ1v) is 9.30. The van der Waals surface area contributed by atoms with Crippen LogP contribution in [0.2, 0.25) is 5.02 Å². The lowest BCUT2D eigenvalue weighted by Gasteiger charge is -2.18. The molecule has 0 aliphatic rings. The van der Waals surface area contributed by atoms with Crippen LogP contribution in [0.5, 0.6) is 0 Å². The number of esters is 1. The first-order chi connectivity index (χ1) is 13.6. The minimum atomic E-state index is -1.01. The molecule has 28 heavy (non-hydrogen) atoms. The third-order valence-electron chi connectivity index (χ3n) is 4.16. The number of amides is 1. The Morgan fingerprint density at radius 2 is 1.43 bits per heavy atom. The minimum absolute atomic E-state index is 0.0620. The largest absolute Gasteiger partial charge is 0.447 e. The molecule has 1 amide bonds. The van der Waals surface area contributed by atoms with Crippen molar-refractivity contribution in [3.05, 3.63) is 107 Å². The molecule has 1 N–H and O–H groups in total. The van der Waals surface area contributed by atoms with Crippen molar-refractivity contribution in [1.82, 2.24) is 5.32 Å². The monoisotopic (exact) mass is 393 g/mol. The van der Waals surface area contributed by atoms with E-state index in [0.29, 0.717) is 17.1 Å². The molecule has 0 aliphatic carbocycles. The molecule has 0 spiro atoms. The fraction of sp³-hybridized carbons (Fsp3) is 0.130. The number of benzene rings is 3. The predicted octanol–water partition coefficient (Wildman–Crippen LogP) is 4.48. The maximum absolute atomic E-state index is 12.7. The van der Waals surface area contributed by atoms with E-state index >= 15 is 0 Å². The summed E-state index contributed by atoms with van der Waals surface area (Å²) in [6.45, 7) is 0.359. The van der Waals surface area contributed by atoms with Crippen LogP contribution in [-0.2, 0) is 27.3 Å². The van der Waals surface area contributed by atoms with E-state index in [1.807, 2.05) is 36.4 Å². The molecule has 142 valence electrons. The average Bonchev–Trinajstić information content (AvgIpc) is 2.73. The Morgan fingerprint density at radius 1 is 0.821 bits per heavy atom. The summed E-state index contributed by atoms with van der Waals surface area (Å²) < 4.78 is 5.54. The Balaban J connectivity index is 1.68. The van der Waals surface area contributed by atoms with Gasteiger partial charge in [0.05, 0.1) is 6.42 Å². The summed E-state index contributed by atoms with van der Waals surface area (Å²) in [6, 6.07) is 25.5. The van der Waals surface area contributed by atoms with E-state index in [0.717, 1.165) is 11.1 Å². The molecule has 4 nitrogen and oxygen atoms in total. The van der Waals surface area contributed by atoms with Crippen LogP contribution in [0, 0.1) is 0 Å². The number of hydrogen-bond donors (Lipinski definition) is 1. The van der Waals surface area contributed by atoms with E-state index in [1.54, 1.807) is 48.5 Å². The highest BCUT2D eigenvalue weighted by molar-refractivity contribution is 6.30. The molecule has 0 saturated carbocycles. The Kier molecular flexibility index (Phi) is 6.82. The standard InChI is InChI=1S/C23H20ClNO3/c24-20-13-11-17(12-14-20)15-21(26)28-22(19-9-5-2-6-10-19)23(27)25-16-18-7-3-1-4-8-18/h1-14,22H,15-16H2,(H,25,27)/t22-/m1/s1. The van der Waals surface area contributed by atoms with Gasteiger partial charge in [0.25, 0.3) is 5.91 Å². The summed E-state index contributed by atoms with van der Waals surface area (Å²) >= 11 is 5.87. The highest BCUT2D eigenvalue weighted by atomic mass is 35.5. The average molecular weight is 394 g/mol. The molecule has 0 saturated heterocycles. The van der Waals surface area contributed by atoms with Crippen molar-refractivity contribution in [2.24, 2.45) is 0 Å². The topological polar surface area (TPSA) is 55.4 Å². The fourth-order valence-corrected chi connectivity index (χ4v) is 2.85. The number of carbonyl (C=O) groups excluding carboxylic acids is 2. The van der Waals surface area contributed by atoms with Crippen LogP contribution in [0.4, 0.5) is 0 Å². The van der Waals surface area contributed by atoms with Crippen molar-refractivity contribution < 1.29 is 14.3 Å². The number of ether oxygens (including phenoxy) is 1. The quantitative estimate of drug-likeness (QED) is 0.602. The van der Waals surface area contributed by atoms with Crippen molar-refractivity contribution in [2.75, 3.05) is 0 Å². The molecule has 0 unspecified atom stereocenters. The summed E-state index contributed by atoms with van der Waals surface area (Å²) in [4.78, 5) is 25.2. The van der Waals surface area contributed by atoms with E-state index in [-0.39, 0.29) is 12.3 Å². The Hall–Kier alpha value is -3.11. The van der Waals surface area contributed by atoms with Gasteiger partial charge in [-0.3, -0.25) is 9.59 Å². The molecule has 0 fully saturated rings. The van der Waals surface area contributed by atoms with E-state index in [2.05, 4.69) is 5.32 Å². The van der Waals surface area contributed by atoms with Gasteiger partial charge in [0.2, 0.25) is 6.10 Å². The first-order valence-electron chi connectivity index (χ1n) is 8.92. The van der Waals surface area contributed by atoms with Crippen LogP contribution in [0.1, 0.15) is 22.8 Å². The van der Waals surface area contributed by atoms with E-state index < -0.39 is 12.1 Å². The zero-order valence-corrected chi connectivity index (χ0v) is 15.9.